The summed E-state index contributed by atoms with van der Waals surface area (Å²) in [4.78, 5) is 2.44. The van der Waals surface area contributed by atoms with Crippen LogP contribution >= 0.6 is 0 Å². The van der Waals surface area contributed by atoms with Crippen molar-refractivity contribution < 1.29 is 0 Å². The molecule has 0 heterocycles. The molecule has 0 amide bonds. The van der Waals surface area contributed by atoms with Gasteiger partial charge in [-0.15, -0.1) is 0 Å². The largest absolute Gasteiger partial charge is 0.310 e. The Balaban J connectivity index is 1.15. The Morgan fingerprint density at radius 3 is 1.54 bits per heavy atom. The van der Waals surface area contributed by atoms with Crippen LogP contribution < -0.4 is 4.90 Å². The second-order valence-corrected chi connectivity index (χ2v) is 15.4. The van der Waals surface area contributed by atoms with Gasteiger partial charge in [0, 0.05) is 22.5 Å². The molecule has 0 bridgehead atoms. The van der Waals surface area contributed by atoms with Crippen LogP contribution in [0.2, 0.25) is 0 Å². The first-order valence-electron chi connectivity index (χ1n) is 19.5. The van der Waals surface area contributed by atoms with Gasteiger partial charge in [-0.05, 0) is 126 Å². The van der Waals surface area contributed by atoms with Gasteiger partial charge in [-0.2, -0.15) is 0 Å². The SMILES string of the molecule is CC1(C)c2cc(N(c3cccc(-c4ccccc4)c3)c3cccc(-c4cc(-c5ccccc5)c5ccccc5c4)c3)ccc2-c2c(-c3ccccc3)cccc21. The summed E-state index contributed by atoms with van der Waals surface area (Å²) in [5, 5.41) is 2.49. The first-order chi connectivity index (χ1) is 27.5. The number of hydrogen-bond donors (Lipinski definition) is 0. The van der Waals surface area contributed by atoms with Gasteiger partial charge in [-0.3, -0.25) is 0 Å². The fourth-order valence-electron chi connectivity index (χ4n) is 8.83. The highest BCUT2D eigenvalue weighted by atomic mass is 15.1. The second-order valence-electron chi connectivity index (χ2n) is 15.4. The maximum atomic E-state index is 2.44. The van der Waals surface area contributed by atoms with E-state index in [0.29, 0.717) is 0 Å². The summed E-state index contributed by atoms with van der Waals surface area (Å²) in [6, 6.07) is 77.6. The molecule has 10 rings (SSSR count). The summed E-state index contributed by atoms with van der Waals surface area (Å²) in [6.45, 7) is 4.75. The van der Waals surface area contributed by atoms with E-state index in [4.69, 9.17) is 0 Å². The average Bonchev–Trinajstić information content (AvgIpc) is 3.50. The highest BCUT2D eigenvalue weighted by molar-refractivity contribution is 6.00. The molecule has 0 atom stereocenters. The van der Waals surface area contributed by atoms with Gasteiger partial charge in [0.05, 0.1) is 0 Å². The maximum absolute atomic E-state index is 2.44. The minimum absolute atomic E-state index is 0.177. The van der Waals surface area contributed by atoms with Crippen molar-refractivity contribution in [3.8, 4) is 55.6 Å². The summed E-state index contributed by atoms with van der Waals surface area (Å²) < 4.78 is 0. The van der Waals surface area contributed by atoms with Crippen LogP contribution in [0.25, 0.3) is 66.4 Å². The number of anilines is 3. The van der Waals surface area contributed by atoms with Crippen molar-refractivity contribution in [3.05, 3.63) is 223 Å². The lowest BCUT2D eigenvalue weighted by Gasteiger charge is -2.29. The fourth-order valence-corrected chi connectivity index (χ4v) is 8.83. The number of benzene rings is 9. The van der Waals surface area contributed by atoms with E-state index < -0.39 is 0 Å². The topological polar surface area (TPSA) is 3.24 Å². The van der Waals surface area contributed by atoms with Crippen LogP contribution in [-0.4, -0.2) is 0 Å². The zero-order valence-electron chi connectivity index (χ0n) is 31.7. The molecule has 0 radical (unpaired) electrons. The first-order valence-corrected chi connectivity index (χ1v) is 19.5. The molecule has 0 saturated carbocycles. The number of rotatable bonds is 7. The van der Waals surface area contributed by atoms with Crippen molar-refractivity contribution in [2.75, 3.05) is 4.90 Å². The van der Waals surface area contributed by atoms with Crippen molar-refractivity contribution in [3.63, 3.8) is 0 Å². The second kappa shape index (κ2) is 13.7. The van der Waals surface area contributed by atoms with Crippen LogP contribution in [-0.2, 0) is 5.41 Å². The maximum Gasteiger partial charge on any atom is 0.0467 e. The Bertz CT molecular complexity index is 2870. The normalized spacial score (nSPS) is 12.6. The molecular formula is C55H41N. The number of fused-ring (bicyclic) bond motifs is 4. The van der Waals surface area contributed by atoms with E-state index in [1.165, 1.54) is 77.5 Å². The molecule has 0 aromatic heterocycles. The van der Waals surface area contributed by atoms with E-state index in [-0.39, 0.29) is 5.41 Å². The highest BCUT2D eigenvalue weighted by Gasteiger charge is 2.37. The van der Waals surface area contributed by atoms with E-state index in [9.17, 15) is 0 Å². The smallest absolute Gasteiger partial charge is 0.0467 e. The van der Waals surface area contributed by atoms with Gasteiger partial charge in [0.1, 0.15) is 0 Å². The summed E-state index contributed by atoms with van der Waals surface area (Å²) in [7, 11) is 0. The average molecular weight is 716 g/mol. The Labute approximate surface area is 329 Å². The number of hydrogen-bond acceptors (Lipinski definition) is 1. The van der Waals surface area contributed by atoms with Crippen LogP contribution in [0.15, 0.2) is 212 Å². The summed E-state index contributed by atoms with van der Waals surface area (Å²) in [5.74, 6) is 0. The molecule has 1 aliphatic rings. The third kappa shape index (κ3) is 5.81. The van der Waals surface area contributed by atoms with Crippen molar-refractivity contribution >= 4 is 27.8 Å². The Morgan fingerprint density at radius 1 is 0.321 bits per heavy atom. The van der Waals surface area contributed by atoms with Gasteiger partial charge >= 0.3 is 0 Å². The lowest BCUT2D eigenvalue weighted by molar-refractivity contribution is 0.660. The van der Waals surface area contributed by atoms with Gasteiger partial charge < -0.3 is 4.90 Å². The van der Waals surface area contributed by atoms with Crippen molar-refractivity contribution in [1.82, 2.24) is 0 Å². The van der Waals surface area contributed by atoms with Gasteiger partial charge in [-0.25, -0.2) is 0 Å². The van der Waals surface area contributed by atoms with Crippen LogP contribution in [0.3, 0.4) is 0 Å². The predicted octanol–water partition coefficient (Wildman–Crippen LogP) is 15.3. The molecular weight excluding hydrogens is 675 g/mol. The standard InChI is InChI=1S/C55H41N/c1-55(2)52-30-16-29-49(39-19-8-4-9-20-39)54(52)50-32-31-47(37-53(50)55)56(45-26-14-24-41(34-45)38-17-6-3-7-18-38)46-27-15-25-42(35-46)44-33-43-23-12-13-28-48(43)51(36-44)40-21-10-5-11-22-40/h3-37H,1-2H3. The van der Waals surface area contributed by atoms with Crippen molar-refractivity contribution in [2.24, 2.45) is 0 Å². The Hall–Kier alpha value is -6.96. The molecule has 56 heavy (non-hydrogen) atoms. The number of nitrogens with zero attached hydrogens (tertiary/aromatic N) is 1. The summed E-state index contributed by atoms with van der Waals surface area (Å²) in [6.07, 6.45) is 0. The molecule has 9 aromatic carbocycles. The van der Waals surface area contributed by atoms with Gasteiger partial charge in [0.2, 0.25) is 0 Å². The first kappa shape index (κ1) is 33.6. The van der Waals surface area contributed by atoms with Crippen LogP contribution in [0.5, 0.6) is 0 Å². The predicted molar refractivity (Wildman–Crippen MR) is 238 cm³/mol. The molecule has 0 aliphatic heterocycles. The highest BCUT2D eigenvalue weighted by Crippen LogP contribution is 2.54. The van der Waals surface area contributed by atoms with Crippen LogP contribution in [0.4, 0.5) is 17.1 Å². The Kier molecular flexibility index (Phi) is 8.23. The van der Waals surface area contributed by atoms with Crippen LogP contribution in [0, 0.1) is 0 Å². The molecule has 266 valence electrons. The zero-order valence-corrected chi connectivity index (χ0v) is 31.7. The summed E-state index contributed by atoms with van der Waals surface area (Å²) >= 11 is 0. The van der Waals surface area contributed by atoms with Crippen molar-refractivity contribution in [2.45, 2.75) is 19.3 Å². The lowest BCUT2D eigenvalue weighted by atomic mass is 9.81. The third-order valence-corrected chi connectivity index (χ3v) is 11.6. The lowest BCUT2D eigenvalue weighted by Crippen LogP contribution is -2.16. The van der Waals surface area contributed by atoms with Gasteiger partial charge in [0.25, 0.3) is 0 Å². The van der Waals surface area contributed by atoms with Crippen LogP contribution in [0.1, 0.15) is 25.0 Å². The van der Waals surface area contributed by atoms with Gasteiger partial charge in [-0.1, -0.05) is 178 Å². The molecule has 0 spiro atoms. The molecule has 0 saturated heterocycles. The minimum Gasteiger partial charge on any atom is -0.310 e. The quantitative estimate of drug-likeness (QED) is 0.159. The van der Waals surface area contributed by atoms with E-state index >= 15 is 0 Å². The fraction of sp³-hybridized carbons (Fsp3) is 0.0545. The molecule has 9 aromatic rings. The molecule has 1 aliphatic carbocycles. The van der Waals surface area contributed by atoms with E-state index in [2.05, 4.69) is 231 Å². The third-order valence-electron chi connectivity index (χ3n) is 11.6. The van der Waals surface area contributed by atoms with E-state index in [1.54, 1.807) is 0 Å². The molecule has 0 fully saturated rings. The van der Waals surface area contributed by atoms with Crippen molar-refractivity contribution in [1.29, 1.82) is 0 Å². The zero-order chi connectivity index (χ0) is 37.6. The monoisotopic (exact) mass is 715 g/mol. The van der Waals surface area contributed by atoms with E-state index in [1.807, 2.05) is 0 Å². The summed E-state index contributed by atoms with van der Waals surface area (Å²) in [5.41, 5.74) is 18.3. The molecule has 0 N–H and O–H groups in total. The van der Waals surface area contributed by atoms with Gasteiger partial charge in [0.15, 0.2) is 0 Å². The Morgan fingerprint density at radius 2 is 0.857 bits per heavy atom. The molecule has 1 heteroatoms. The molecule has 0 unspecified atom stereocenters. The minimum atomic E-state index is -0.177. The van der Waals surface area contributed by atoms with E-state index in [0.717, 1.165) is 17.1 Å². The molecule has 1 nitrogen and oxygen atoms in total.